The van der Waals surface area contributed by atoms with Crippen molar-refractivity contribution in [3.05, 3.63) is 29.8 Å². The molecule has 0 radical (unpaired) electrons. The highest BCUT2D eigenvalue weighted by Gasteiger charge is 2.20. The molecule has 1 aromatic carbocycles. The lowest BCUT2D eigenvalue weighted by atomic mass is 10.2. The fraction of sp³-hybridized carbons (Fsp3) is 0.500. The summed E-state index contributed by atoms with van der Waals surface area (Å²) in [5.41, 5.74) is 6.39. The number of thiocarbonyl (C=S) groups is 1. The van der Waals surface area contributed by atoms with Crippen LogP contribution in [0.3, 0.4) is 0 Å². The summed E-state index contributed by atoms with van der Waals surface area (Å²) in [4.78, 5) is 0.390. The van der Waals surface area contributed by atoms with Gasteiger partial charge in [-0.05, 0) is 24.5 Å². The molecule has 1 saturated carbocycles. The van der Waals surface area contributed by atoms with Crippen molar-refractivity contribution in [3.8, 4) is 5.75 Å². The van der Waals surface area contributed by atoms with Crippen molar-refractivity contribution < 1.29 is 9.47 Å². The van der Waals surface area contributed by atoms with E-state index in [9.17, 15) is 0 Å². The van der Waals surface area contributed by atoms with E-state index < -0.39 is 0 Å². The van der Waals surface area contributed by atoms with Gasteiger partial charge >= 0.3 is 0 Å². The summed E-state index contributed by atoms with van der Waals surface area (Å²) in [7, 11) is 0. The van der Waals surface area contributed by atoms with Gasteiger partial charge in [0.2, 0.25) is 0 Å². The summed E-state index contributed by atoms with van der Waals surface area (Å²) in [6, 6.07) is 7.51. The Morgan fingerprint density at radius 1 is 1.28 bits per heavy atom. The molecule has 18 heavy (non-hydrogen) atoms. The Morgan fingerprint density at radius 3 is 2.83 bits per heavy atom. The summed E-state index contributed by atoms with van der Waals surface area (Å²) in [5, 5.41) is 0. The van der Waals surface area contributed by atoms with Crippen LogP contribution in [0.4, 0.5) is 0 Å². The highest BCUT2D eigenvalue weighted by Crippen LogP contribution is 2.32. The second-order valence-electron chi connectivity index (χ2n) is 4.58. The first-order valence-corrected chi connectivity index (χ1v) is 6.77. The maximum atomic E-state index is 5.58. The standard InChI is InChI=1S/C14H19NO2S/c15-14(18)12-2-1-3-13(10-12)17-9-8-16-7-6-11-4-5-11/h1-3,10-11H,4-9H2,(H2,15,18). The fourth-order valence-electron chi connectivity index (χ4n) is 1.72. The molecule has 98 valence electrons. The highest BCUT2D eigenvalue weighted by molar-refractivity contribution is 7.80. The molecule has 0 saturated heterocycles. The first kappa shape index (κ1) is 13.3. The summed E-state index contributed by atoms with van der Waals surface area (Å²) < 4.78 is 11.1. The number of benzene rings is 1. The van der Waals surface area contributed by atoms with Gasteiger partial charge in [-0.25, -0.2) is 0 Å². The minimum absolute atomic E-state index is 0.390. The summed E-state index contributed by atoms with van der Waals surface area (Å²) in [6.07, 6.45) is 3.95. The molecule has 1 aromatic rings. The first-order chi connectivity index (χ1) is 8.75. The number of rotatable bonds is 8. The van der Waals surface area contributed by atoms with Crippen LogP contribution >= 0.6 is 12.2 Å². The van der Waals surface area contributed by atoms with Gasteiger partial charge in [0.05, 0.1) is 6.61 Å². The predicted molar refractivity (Wildman–Crippen MR) is 76.0 cm³/mol. The van der Waals surface area contributed by atoms with E-state index in [0.717, 1.165) is 23.8 Å². The van der Waals surface area contributed by atoms with Gasteiger partial charge < -0.3 is 15.2 Å². The summed E-state index contributed by atoms with van der Waals surface area (Å²) in [6.45, 7) is 2.04. The van der Waals surface area contributed by atoms with E-state index in [4.69, 9.17) is 27.4 Å². The molecule has 1 aliphatic rings. The molecule has 3 nitrogen and oxygen atoms in total. The van der Waals surface area contributed by atoms with Crippen molar-refractivity contribution in [2.45, 2.75) is 19.3 Å². The molecule has 0 atom stereocenters. The zero-order chi connectivity index (χ0) is 12.8. The maximum Gasteiger partial charge on any atom is 0.120 e. The van der Waals surface area contributed by atoms with Crippen LogP contribution in [0.15, 0.2) is 24.3 Å². The molecule has 0 heterocycles. The van der Waals surface area contributed by atoms with Gasteiger partial charge in [0, 0.05) is 12.2 Å². The van der Waals surface area contributed by atoms with Crippen LogP contribution in [0.1, 0.15) is 24.8 Å². The van der Waals surface area contributed by atoms with Gasteiger partial charge in [-0.2, -0.15) is 0 Å². The van der Waals surface area contributed by atoms with Crippen LogP contribution in [0.25, 0.3) is 0 Å². The molecule has 0 unspecified atom stereocenters. The van der Waals surface area contributed by atoms with Crippen LogP contribution in [0, 0.1) is 5.92 Å². The first-order valence-electron chi connectivity index (χ1n) is 6.36. The number of nitrogens with two attached hydrogens (primary N) is 1. The molecule has 0 aromatic heterocycles. The van der Waals surface area contributed by atoms with Gasteiger partial charge in [0.15, 0.2) is 0 Å². The Bertz CT molecular complexity index is 405. The maximum absolute atomic E-state index is 5.58. The topological polar surface area (TPSA) is 44.5 Å². The van der Waals surface area contributed by atoms with Gasteiger partial charge in [-0.1, -0.05) is 37.2 Å². The molecular formula is C14H19NO2S. The van der Waals surface area contributed by atoms with Gasteiger partial charge in [-0.15, -0.1) is 0 Å². The van der Waals surface area contributed by atoms with Crippen LogP contribution in [-0.2, 0) is 4.74 Å². The van der Waals surface area contributed by atoms with E-state index in [-0.39, 0.29) is 0 Å². The van der Waals surface area contributed by atoms with Crippen molar-refractivity contribution in [2.24, 2.45) is 11.7 Å². The van der Waals surface area contributed by atoms with Crippen molar-refractivity contribution >= 4 is 17.2 Å². The highest BCUT2D eigenvalue weighted by atomic mass is 32.1. The molecular weight excluding hydrogens is 246 g/mol. The van der Waals surface area contributed by atoms with Crippen LogP contribution in [0.2, 0.25) is 0 Å². The number of ether oxygens (including phenoxy) is 2. The Hall–Kier alpha value is -1.13. The molecule has 2 rings (SSSR count). The zero-order valence-corrected chi connectivity index (χ0v) is 11.2. The molecule has 0 aliphatic heterocycles. The largest absolute Gasteiger partial charge is 0.491 e. The third-order valence-corrected chi connectivity index (χ3v) is 3.22. The number of hydrogen-bond acceptors (Lipinski definition) is 3. The van der Waals surface area contributed by atoms with Crippen LogP contribution < -0.4 is 10.5 Å². The Kier molecular flexibility index (Phi) is 4.96. The van der Waals surface area contributed by atoms with Crippen molar-refractivity contribution in [2.75, 3.05) is 19.8 Å². The average Bonchev–Trinajstić information content (AvgIpc) is 3.18. The molecule has 4 heteroatoms. The van der Waals surface area contributed by atoms with Crippen molar-refractivity contribution in [1.29, 1.82) is 0 Å². The third kappa shape index (κ3) is 4.63. The zero-order valence-electron chi connectivity index (χ0n) is 10.4. The predicted octanol–water partition coefficient (Wildman–Crippen LogP) is 2.52. The van der Waals surface area contributed by atoms with Crippen molar-refractivity contribution in [3.63, 3.8) is 0 Å². The second kappa shape index (κ2) is 6.71. The Morgan fingerprint density at radius 2 is 2.11 bits per heavy atom. The summed E-state index contributed by atoms with van der Waals surface area (Å²) >= 11 is 4.92. The normalized spacial score (nSPS) is 14.4. The van der Waals surface area contributed by atoms with Crippen LogP contribution in [-0.4, -0.2) is 24.8 Å². The Labute approximate surface area is 113 Å². The smallest absolute Gasteiger partial charge is 0.120 e. The van der Waals surface area contributed by atoms with Gasteiger partial charge in [-0.3, -0.25) is 0 Å². The van der Waals surface area contributed by atoms with Crippen molar-refractivity contribution in [1.82, 2.24) is 0 Å². The van der Waals surface area contributed by atoms with E-state index >= 15 is 0 Å². The lowest BCUT2D eigenvalue weighted by Crippen LogP contribution is -2.10. The molecule has 0 amide bonds. The second-order valence-corrected chi connectivity index (χ2v) is 5.02. The van der Waals surface area contributed by atoms with Gasteiger partial charge in [0.25, 0.3) is 0 Å². The molecule has 2 N–H and O–H groups in total. The Balaban J connectivity index is 1.62. The summed E-state index contributed by atoms with van der Waals surface area (Å²) in [5.74, 6) is 1.71. The van der Waals surface area contributed by atoms with E-state index in [1.807, 2.05) is 24.3 Å². The molecule has 0 spiro atoms. The van der Waals surface area contributed by atoms with E-state index in [1.165, 1.54) is 19.3 Å². The van der Waals surface area contributed by atoms with E-state index in [1.54, 1.807) is 0 Å². The minimum Gasteiger partial charge on any atom is -0.491 e. The van der Waals surface area contributed by atoms with E-state index in [2.05, 4.69) is 0 Å². The lowest BCUT2D eigenvalue weighted by molar-refractivity contribution is 0.0958. The number of hydrogen-bond donors (Lipinski definition) is 1. The molecule has 1 aliphatic carbocycles. The molecule has 0 bridgehead atoms. The molecule has 1 fully saturated rings. The average molecular weight is 265 g/mol. The SMILES string of the molecule is NC(=S)c1cccc(OCCOCCC2CC2)c1. The minimum atomic E-state index is 0.390. The monoisotopic (exact) mass is 265 g/mol. The van der Waals surface area contributed by atoms with E-state index in [0.29, 0.717) is 18.2 Å². The lowest BCUT2D eigenvalue weighted by Gasteiger charge is -2.08. The fourth-order valence-corrected chi connectivity index (χ4v) is 1.84. The quantitative estimate of drug-likeness (QED) is 0.579. The van der Waals surface area contributed by atoms with Gasteiger partial charge in [0.1, 0.15) is 17.3 Å². The third-order valence-electron chi connectivity index (χ3n) is 2.98. The van der Waals surface area contributed by atoms with Crippen LogP contribution in [0.5, 0.6) is 5.75 Å².